The molecular weight excluding hydrogens is 234 g/mol. The van der Waals surface area contributed by atoms with Gasteiger partial charge in [0, 0.05) is 22.7 Å². The zero-order valence-corrected chi connectivity index (χ0v) is 11.5. The molecular formula is C17H21NO. The van der Waals surface area contributed by atoms with Crippen LogP contribution in [0.4, 0.5) is 0 Å². The molecule has 1 aromatic carbocycles. The predicted molar refractivity (Wildman–Crippen MR) is 81.6 cm³/mol. The molecule has 2 heteroatoms. The first-order valence-electron chi connectivity index (χ1n) is 7.07. The molecule has 0 atom stereocenters. The van der Waals surface area contributed by atoms with Gasteiger partial charge in [0.25, 0.3) is 0 Å². The number of hydrogen-bond acceptors (Lipinski definition) is 1. The molecule has 0 saturated heterocycles. The molecule has 0 amide bonds. The van der Waals surface area contributed by atoms with Gasteiger partial charge in [0.15, 0.2) is 5.43 Å². The number of benzene rings is 1. The summed E-state index contributed by atoms with van der Waals surface area (Å²) in [6.07, 6.45) is 9.98. The van der Waals surface area contributed by atoms with E-state index in [9.17, 15) is 4.79 Å². The van der Waals surface area contributed by atoms with Gasteiger partial charge in [0.2, 0.25) is 0 Å². The second-order valence-corrected chi connectivity index (χ2v) is 4.86. The Kier molecular flexibility index (Phi) is 4.96. The van der Waals surface area contributed by atoms with Crippen LogP contribution in [0.5, 0.6) is 0 Å². The molecule has 1 heterocycles. The quantitative estimate of drug-likeness (QED) is 0.608. The fraction of sp³-hybridized carbons (Fsp3) is 0.353. The number of nitrogens with one attached hydrogen (secondary N) is 1. The molecule has 2 rings (SSSR count). The van der Waals surface area contributed by atoms with E-state index in [0.29, 0.717) is 0 Å². The molecule has 0 saturated carbocycles. The minimum absolute atomic E-state index is 0.110. The van der Waals surface area contributed by atoms with Gasteiger partial charge >= 0.3 is 0 Å². The summed E-state index contributed by atoms with van der Waals surface area (Å²) in [6.45, 7) is 2.20. The molecule has 2 aromatic rings. The van der Waals surface area contributed by atoms with Gasteiger partial charge in [-0.05, 0) is 31.4 Å². The molecule has 1 aromatic heterocycles. The van der Waals surface area contributed by atoms with Crippen molar-refractivity contribution in [3.8, 4) is 0 Å². The monoisotopic (exact) mass is 255 g/mol. The van der Waals surface area contributed by atoms with Crippen molar-refractivity contribution in [3.63, 3.8) is 0 Å². The third-order valence-corrected chi connectivity index (χ3v) is 3.26. The van der Waals surface area contributed by atoms with Crippen molar-refractivity contribution in [1.29, 1.82) is 0 Å². The topological polar surface area (TPSA) is 32.9 Å². The van der Waals surface area contributed by atoms with Crippen molar-refractivity contribution in [1.82, 2.24) is 4.98 Å². The van der Waals surface area contributed by atoms with Gasteiger partial charge < -0.3 is 4.98 Å². The Morgan fingerprint density at radius 3 is 2.79 bits per heavy atom. The third kappa shape index (κ3) is 3.82. The van der Waals surface area contributed by atoms with Gasteiger partial charge in [-0.3, -0.25) is 4.79 Å². The SMILES string of the molecule is CCCC/C=C/CCc1cc(=O)c2ccccc2[nH]1. The molecule has 0 fully saturated rings. The van der Waals surface area contributed by atoms with E-state index in [1.54, 1.807) is 6.07 Å². The number of para-hydroxylation sites is 1. The lowest BCUT2D eigenvalue weighted by Crippen LogP contribution is -2.04. The van der Waals surface area contributed by atoms with Crippen molar-refractivity contribution in [2.45, 2.75) is 39.0 Å². The average molecular weight is 255 g/mol. The molecule has 0 spiro atoms. The number of H-pyrrole nitrogens is 1. The number of aromatic nitrogens is 1. The first-order chi connectivity index (χ1) is 9.31. The van der Waals surface area contributed by atoms with E-state index < -0.39 is 0 Å². The summed E-state index contributed by atoms with van der Waals surface area (Å²) in [4.78, 5) is 15.3. The van der Waals surface area contributed by atoms with Crippen molar-refractivity contribution < 1.29 is 0 Å². The van der Waals surface area contributed by atoms with Crippen LogP contribution < -0.4 is 5.43 Å². The predicted octanol–water partition coefficient (Wildman–Crippen LogP) is 4.21. The van der Waals surface area contributed by atoms with Crippen LogP contribution in [0.2, 0.25) is 0 Å². The van der Waals surface area contributed by atoms with Crippen LogP contribution in [0, 0.1) is 0 Å². The van der Waals surface area contributed by atoms with Crippen LogP contribution in [0.1, 0.15) is 38.3 Å². The molecule has 2 nitrogen and oxygen atoms in total. The average Bonchev–Trinajstić information content (AvgIpc) is 2.43. The number of unbranched alkanes of at least 4 members (excludes halogenated alkanes) is 2. The Morgan fingerprint density at radius 1 is 1.16 bits per heavy atom. The van der Waals surface area contributed by atoms with Crippen LogP contribution in [-0.2, 0) is 6.42 Å². The molecule has 0 bridgehead atoms. The van der Waals surface area contributed by atoms with E-state index in [4.69, 9.17) is 0 Å². The summed E-state index contributed by atoms with van der Waals surface area (Å²) in [7, 11) is 0. The van der Waals surface area contributed by atoms with Gasteiger partial charge in [-0.2, -0.15) is 0 Å². The van der Waals surface area contributed by atoms with Crippen LogP contribution in [0.15, 0.2) is 47.3 Å². The van der Waals surface area contributed by atoms with E-state index in [1.807, 2.05) is 24.3 Å². The van der Waals surface area contributed by atoms with Crippen LogP contribution in [0.3, 0.4) is 0 Å². The molecule has 1 N–H and O–H groups in total. The van der Waals surface area contributed by atoms with Crippen LogP contribution >= 0.6 is 0 Å². The second kappa shape index (κ2) is 6.93. The normalized spacial score (nSPS) is 11.4. The zero-order valence-electron chi connectivity index (χ0n) is 11.5. The number of hydrogen-bond donors (Lipinski definition) is 1. The van der Waals surface area contributed by atoms with E-state index in [-0.39, 0.29) is 5.43 Å². The Labute approximate surface area is 114 Å². The number of aryl methyl sites for hydroxylation is 1. The number of fused-ring (bicyclic) bond motifs is 1. The number of aromatic amines is 1. The Balaban J connectivity index is 2.01. The lowest BCUT2D eigenvalue weighted by molar-refractivity contribution is 0.810. The smallest absolute Gasteiger partial charge is 0.189 e. The van der Waals surface area contributed by atoms with Crippen LogP contribution in [0.25, 0.3) is 10.9 Å². The minimum atomic E-state index is 0.110. The summed E-state index contributed by atoms with van der Waals surface area (Å²) in [5.74, 6) is 0. The van der Waals surface area contributed by atoms with Crippen molar-refractivity contribution in [2.75, 3.05) is 0 Å². The number of rotatable bonds is 6. The first kappa shape index (κ1) is 13.6. The zero-order chi connectivity index (χ0) is 13.5. The lowest BCUT2D eigenvalue weighted by Gasteiger charge is -2.02. The lowest BCUT2D eigenvalue weighted by atomic mass is 10.1. The van der Waals surface area contributed by atoms with Crippen LogP contribution in [-0.4, -0.2) is 4.98 Å². The Morgan fingerprint density at radius 2 is 1.95 bits per heavy atom. The summed E-state index contributed by atoms with van der Waals surface area (Å²) >= 11 is 0. The largest absolute Gasteiger partial charge is 0.358 e. The Bertz CT molecular complexity index is 610. The van der Waals surface area contributed by atoms with Gasteiger partial charge in [0.05, 0.1) is 0 Å². The highest BCUT2D eigenvalue weighted by Gasteiger charge is 2.00. The molecule has 0 radical (unpaired) electrons. The highest BCUT2D eigenvalue weighted by molar-refractivity contribution is 5.78. The molecule has 19 heavy (non-hydrogen) atoms. The van der Waals surface area contributed by atoms with Gasteiger partial charge in [-0.1, -0.05) is 44.1 Å². The molecule has 0 unspecified atom stereocenters. The Hall–Kier alpha value is -1.83. The van der Waals surface area contributed by atoms with E-state index >= 15 is 0 Å². The number of pyridine rings is 1. The maximum atomic E-state index is 11.9. The summed E-state index contributed by atoms with van der Waals surface area (Å²) in [6, 6.07) is 9.39. The summed E-state index contributed by atoms with van der Waals surface area (Å²) < 4.78 is 0. The maximum Gasteiger partial charge on any atom is 0.189 e. The fourth-order valence-electron chi connectivity index (χ4n) is 2.18. The highest BCUT2D eigenvalue weighted by Crippen LogP contribution is 2.08. The third-order valence-electron chi connectivity index (χ3n) is 3.26. The van der Waals surface area contributed by atoms with Gasteiger partial charge in [-0.15, -0.1) is 0 Å². The summed E-state index contributed by atoms with van der Waals surface area (Å²) in [5, 5.41) is 0.768. The van der Waals surface area contributed by atoms with Gasteiger partial charge in [-0.25, -0.2) is 0 Å². The number of allylic oxidation sites excluding steroid dienone is 2. The van der Waals surface area contributed by atoms with E-state index in [1.165, 1.54) is 12.8 Å². The van der Waals surface area contributed by atoms with E-state index in [0.717, 1.165) is 35.9 Å². The minimum Gasteiger partial charge on any atom is -0.358 e. The molecule has 0 aliphatic heterocycles. The molecule has 100 valence electrons. The summed E-state index contributed by atoms with van der Waals surface area (Å²) in [5.41, 5.74) is 2.06. The van der Waals surface area contributed by atoms with Gasteiger partial charge in [0.1, 0.15) is 0 Å². The molecule has 0 aliphatic rings. The second-order valence-electron chi connectivity index (χ2n) is 4.86. The van der Waals surface area contributed by atoms with Crippen molar-refractivity contribution >= 4 is 10.9 Å². The van der Waals surface area contributed by atoms with Crippen molar-refractivity contribution in [3.05, 3.63) is 58.4 Å². The molecule has 0 aliphatic carbocycles. The highest BCUT2D eigenvalue weighted by atomic mass is 16.1. The fourth-order valence-corrected chi connectivity index (χ4v) is 2.18. The maximum absolute atomic E-state index is 11.9. The van der Waals surface area contributed by atoms with Crippen molar-refractivity contribution in [2.24, 2.45) is 0 Å². The van der Waals surface area contributed by atoms with E-state index in [2.05, 4.69) is 24.1 Å². The first-order valence-corrected chi connectivity index (χ1v) is 7.07. The standard InChI is InChI=1S/C17H21NO/c1-2-3-4-5-6-7-10-14-13-17(19)15-11-8-9-12-16(15)18-14/h5-6,8-9,11-13H,2-4,7,10H2,1H3,(H,18,19)/b6-5+.